The number of para-hydroxylation sites is 1. The normalized spacial score (nSPS) is 12.9. The molecular formula is C21H28N3O4S+. The maximum absolute atomic E-state index is 13.0. The predicted octanol–water partition coefficient (Wildman–Crippen LogP) is 1.86. The highest BCUT2D eigenvalue weighted by Gasteiger charge is 2.30. The molecule has 0 aliphatic carbocycles. The Labute approximate surface area is 175 Å². The summed E-state index contributed by atoms with van der Waals surface area (Å²) in [5.74, 6) is -0.802. The molecule has 1 amide bonds. The van der Waals surface area contributed by atoms with E-state index in [1.807, 2.05) is 30.5 Å². The molecule has 29 heavy (non-hydrogen) atoms. The van der Waals surface area contributed by atoms with Crippen molar-refractivity contribution >= 4 is 35.1 Å². The molecule has 3 N–H and O–H groups in total. The number of amides is 1. The van der Waals surface area contributed by atoms with Gasteiger partial charge >= 0.3 is 5.97 Å². The molecule has 0 bridgehead atoms. The number of ketones is 1. The number of H-pyrrole nitrogens is 1. The quantitative estimate of drug-likeness (QED) is 0.346. The lowest BCUT2D eigenvalue weighted by atomic mass is 10.0. The molecule has 0 aliphatic rings. The molecule has 0 aliphatic heterocycles. The summed E-state index contributed by atoms with van der Waals surface area (Å²) in [5.41, 5.74) is 2.68. The number of methoxy groups -OCH3 is 1. The molecule has 1 aromatic heterocycles. The number of aryl methyl sites for hydroxylation is 1. The van der Waals surface area contributed by atoms with Gasteiger partial charge in [0.15, 0.2) is 12.6 Å². The van der Waals surface area contributed by atoms with Crippen LogP contribution >= 0.6 is 11.8 Å². The number of hydrogen-bond donors (Lipinski definition) is 3. The lowest BCUT2D eigenvalue weighted by Gasteiger charge is -2.20. The minimum atomic E-state index is -0.476. The van der Waals surface area contributed by atoms with Crippen LogP contribution in [0.1, 0.15) is 39.0 Å². The average molecular weight is 419 g/mol. The van der Waals surface area contributed by atoms with Crippen molar-refractivity contribution in [1.82, 2.24) is 4.98 Å². The van der Waals surface area contributed by atoms with Gasteiger partial charge < -0.3 is 19.9 Å². The SMILES string of the molecule is COC(=O)c1c(C)[nH]c(C(=O)[C@@H](C)[NH+](C)CC(=O)Nc2ccccc2SC)c1C. The highest BCUT2D eigenvalue weighted by atomic mass is 32.2. The first-order valence-corrected chi connectivity index (χ1v) is 10.5. The number of likely N-dealkylation sites (N-methyl/N-ethyl adjacent to an activating group) is 1. The van der Waals surface area contributed by atoms with E-state index in [2.05, 4.69) is 10.3 Å². The number of ether oxygens (including phenoxy) is 1. The molecule has 1 aromatic carbocycles. The van der Waals surface area contributed by atoms with Crippen molar-refractivity contribution in [3.05, 3.63) is 46.8 Å². The van der Waals surface area contributed by atoms with Crippen LogP contribution in [0.2, 0.25) is 0 Å². The van der Waals surface area contributed by atoms with Crippen LogP contribution in [0.3, 0.4) is 0 Å². The molecular weight excluding hydrogens is 390 g/mol. The Morgan fingerprint density at radius 3 is 2.52 bits per heavy atom. The molecule has 1 unspecified atom stereocenters. The minimum Gasteiger partial charge on any atom is -0.465 e. The van der Waals surface area contributed by atoms with Gasteiger partial charge in [-0.1, -0.05) is 12.1 Å². The number of hydrogen-bond acceptors (Lipinski definition) is 5. The van der Waals surface area contributed by atoms with Crippen LogP contribution < -0.4 is 10.2 Å². The molecule has 0 radical (unpaired) electrons. The molecule has 1 heterocycles. The zero-order valence-corrected chi connectivity index (χ0v) is 18.5. The second-order valence-electron chi connectivity index (χ2n) is 6.97. The van der Waals surface area contributed by atoms with E-state index in [4.69, 9.17) is 4.74 Å². The number of benzene rings is 1. The molecule has 2 rings (SSSR count). The molecule has 0 fully saturated rings. The zero-order chi connectivity index (χ0) is 21.7. The van der Waals surface area contributed by atoms with E-state index in [9.17, 15) is 14.4 Å². The fourth-order valence-electron chi connectivity index (χ4n) is 3.19. The molecule has 7 nitrogen and oxygen atoms in total. The highest BCUT2D eigenvalue weighted by molar-refractivity contribution is 7.98. The van der Waals surface area contributed by atoms with Crippen LogP contribution in [0.5, 0.6) is 0 Å². The molecule has 0 saturated carbocycles. The standard InChI is InChI=1S/C21H27N3O4S/c1-12-18(21(27)28-5)13(2)22-19(12)20(26)14(3)24(4)11-17(25)23-15-9-7-8-10-16(15)29-6/h7-10,14,22H,11H2,1-6H3,(H,23,25)/p+1/t14-/m1/s1. The van der Waals surface area contributed by atoms with E-state index < -0.39 is 12.0 Å². The van der Waals surface area contributed by atoms with E-state index in [0.29, 0.717) is 22.5 Å². The van der Waals surface area contributed by atoms with E-state index in [1.54, 1.807) is 39.6 Å². The molecule has 2 atom stereocenters. The van der Waals surface area contributed by atoms with Crippen molar-refractivity contribution in [2.45, 2.75) is 31.7 Å². The summed E-state index contributed by atoms with van der Waals surface area (Å²) in [6.45, 7) is 5.36. The van der Waals surface area contributed by atoms with Crippen molar-refractivity contribution < 1.29 is 24.0 Å². The monoisotopic (exact) mass is 418 g/mol. The number of carbonyl (C=O) groups is 3. The number of aromatic nitrogens is 1. The van der Waals surface area contributed by atoms with Gasteiger partial charge in [0, 0.05) is 10.6 Å². The van der Waals surface area contributed by atoms with Gasteiger partial charge in [-0.2, -0.15) is 0 Å². The molecule has 0 spiro atoms. The minimum absolute atomic E-state index is 0.137. The van der Waals surface area contributed by atoms with E-state index in [1.165, 1.54) is 7.11 Å². The first kappa shape index (κ1) is 22.7. The summed E-state index contributed by atoms with van der Waals surface area (Å²) in [4.78, 5) is 42.2. The zero-order valence-electron chi connectivity index (χ0n) is 17.6. The van der Waals surface area contributed by atoms with Gasteiger partial charge in [-0.25, -0.2) is 4.79 Å². The smallest absolute Gasteiger partial charge is 0.339 e. The average Bonchev–Trinajstić information content (AvgIpc) is 3.00. The number of esters is 1. The van der Waals surface area contributed by atoms with Gasteiger partial charge in [-0.3, -0.25) is 9.59 Å². The Morgan fingerprint density at radius 1 is 1.24 bits per heavy atom. The fourth-order valence-corrected chi connectivity index (χ4v) is 3.75. The number of carbonyl (C=O) groups excluding carboxylic acids is 3. The lowest BCUT2D eigenvalue weighted by Crippen LogP contribution is -3.14. The Balaban J connectivity index is 2.10. The topological polar surface area (TPSA) is 92.7 Å². The second kappa shape index (κ2) is 9.76. The first-order chi connectivity index (χ1) is 13.7. The van der Waals surface area contributed by atoms with Crippen LogP contribution in [0.4, 0.5) is 5.69 Å². The summed E-state index contributed by atoms with van der Waals surface area (Å²) in [6.07, 6.45) is 1.95. The number of Topliss-reactive ketones (excluding diaryl/α,β-unsaturated/α-hetero) is 1. The maximum Gasteiger partial charge on any atom is 0.339 e. The Bertz CT molecular complexity index is 923. The largest absolute Gasteiger partial charge is 0.465 e. The van der Waals surface area contributed by atoms with Gasteiger partial charge in [-0.15, -0.1) is 11.8 Å². The van der Waals surface area contributed by atoms with Crippen molar-refractivity contribution in [3.63, 3.8) is 0 Å². The van der Waals surface area contributed by atoms with Crippen molar-refractivity contribution in [2.75, 3.05) is 32.3 Å². The highest BCUT2D eigenvalue weighted by Crippen LogP contribution is 2.24. The van der Waals surface area contributed by atoms with Gasteiger partial charge in [0.1, 0.15) is 0 Å². The van der Waals surface area contributed by atoms with E-state index in [0.717, 1.165) is 15.5 Å². The first-order valence-electron chi connectivity index (χ1n) is 9.28. The third-order valence-corrected chi connectivity index (χ3v) is 5.82. The van der Waals surface area contributed by atoms with E-state index in [-0.39, 0.29) is 18.2 Å². The maximum atomic E-state index is 13.0. The van der Waals surface area contributed by atoms with Crippen LogP contribution in [0, 0.1) is 13.8 Å². The van der Waals surface area contributed by atoms with Crippen LogP contribution in [-0.2, 0) is 9.53 Å². The summed E-state index contributed by atoms with van der Waals surface area (Å²) >= 11 is 1.56. The van der Waals surface area contributed by atoms with Crippen LogP contribution in [0.25, 0.3) is 0 Å². The fraction of sp³-hybridized carbons (Fsp3) is 0.381. The molecule has 2 aromatic rings. The summed E-state index contributed by atoms with van der Waals surface area (Å²) in [5, 5.41) is 2.91. The summed E-state index contributed by atoms with van der Waals surface area (Å²) < 4.78 is 4.80. The van der Waals surface area contributed by atoms with Crippen molar-refractivity contribution in [2.24, 2.45) is 0 Å². The summed E-state index contributed by atoms with van der Waals surface area (Å²) in [6, 6.07) is 7.11. The summed E-state index contributed by atoms with van der Waals surface area (Å²) in [7, 11) is 3.11. The van der Waals surface area contributed by atoms with Crippen molar-refractivity contribution in [3.8, 4) is 0 Å². The lowest BCUT2D eigenvalue weighted by molar-refractivity contribution is -0.885. The van der Waals surface area contributed by atoms with Crippen LogP contribution in [0.15, 0.2) is 29.2 Å². The van der Waals surface area contributed by atoms with Gasteiger partial charge in [0.25, 0.3) is 5.91 Å². The second-order valence-corrected chi connectivity index (χ2v) is 7.82. The molecule has 156 valence electrons. The molecule has 0 saturated heterocycles. The van der Waals surface area contributed by atoms with Gasteiger partial charge in [-0.05, 0) is 44.7 Å². The third kappa shape index (κ3) is 5.07. The number of aromatic amines is 1. The number of rotatable bonds is 8. The van der Waals surface area contributed by atoms with Gasteiger partial charge in [0.2, 0.25) is 5.78 Å². The number of nitrogens with one attached hydrogen (secondary N) is 3. The Kier molecular flexibility index (Phi) is 7.64. The number of quaternary nitrogens is 1. The van der Waals surface area contributed by atoms with E-state index >= 15 is 0 Å². The third-order valence-electron chi connectivity index (χ3n) is 5.03. The van der Waals surface area contributed by atoms with Crippen molar-refractivity contribution in [1.29, 1.82) is 0 Å². The molecule has 8 heteroatoms. The predicted molar refractivity (Wildman–Crippen MR) is 114 cm³/mol. The number of thioether (sulfide) groups is 1. The Morgan fingerprint density at radius 2 is 1.90 bits per heavy atom. The Hall–Kier alpha value is -2.58. The number of anilines is 1. The van der Waals surface area contributed by atoms with Gasteiger partial charge in [0.05, 0.1) is 31.1 Å². The van der Waals surface area contributed by atoms with Crippen LogP contribution in [-0.4, -0.2) is 55.6 Å².